The Morgan fingerprint density at radius 2 is 1.86 bits per heavy atom. The van der Waals surface area contributed by atoms with Gasteiger partial charge in [0.2, 0.25) is 0 Å². The third-order valence-electron chi connectivity index (χ3n) is 5.85. The van der Waals surface area contributed by atoms with Gasteiger partial charge in [-0.25, -0.2) is 14.4 Å². The average molecular weight is 378 g/mol. The number of aromatic nitrogens is 4. The highest BCUT2D eigenvalue weighted by molar-refractivity contribution is 5.57. The second kappa shape index (κ2) is 7.22. The van der Waals surface area contributed by atoms with Crippen molar-refractivity contribution < 1.29 is 4.39 Å². The van der Waals surface area contributed by atoms with Crippen molar-refractivity contribution in [3.63, 3.8) is 0 Å². The summed E-state index contributed by atoms with van der Waals surface area (Å²) >= 11 is 0. The lowest BCUT2D eigenvalue weighted by atomic mass is 9.83. The van der Waals surface area contributed by atoms with Gasteiger partial charge < -0.3 is 10.2 Å². The molecule has 144 valence electrons. The van der Waals surface area contributed by atoms with Crippen LogP contribution in [0.5, 0.6) is 0 Å². The van der Waals surface area contributed by atoms with Crippen LogP contribution in [-0.4, -0.2) is 26.7 Å². The van der Waals surface area contributed by atoms with Crippen molar-refractivity contribution >= 4 is 17.5 Å². The number of aromatic amines is 1. The molecule has 2 aliphatic rings. The molecule has 2 aromatic heterocycles. The summed E-state index contributed by atoms with van der Waals surface area (Å²) < 4.78 is 13.3. The minimum atomic E-state index is -0.206. The fourth-order valence-corrected chi connectivity index (χ4v) is 4.11. The number of hydrogen-bond donors (Lipinski definition) is 2. The minimum Gasteiger partial charge on any atom is -0.349 e. The Labute approximate surface area is 163 Å². The largest absolute Gasteiger partial charge is 0.349 e. The predicted molar refractivity (Wildman–Crippen MR) is 106 cm³/mol. The SMILES string of the molecule is Fc1ccc(C2CCCN2c2cc(Nc3cc(C4CCC4)[nH]n3)ncn2)cc1. The molecule has 1 saturated heterocycles. The maximum Gasteiger partial charge on any atom is 0.153 e. The summed E-state index contributed by atoms with van der Waals surface area (Å²) in [6, 6.07) is 11.0. The van der Waals surface area contributed by atoms with Gasteiger partial charge in [0, 0.05) is 30.3 Å². The number of hydrogen-bond acceptors (Lipinski definition) is 5. The smallest absolute Gasteiger partial charge is 0.153 e. The molecule has 28 heavy (non-hydrogen) atoms. The van der Waals surface area contributed by atoms with Crippen molar-refractivity contribution in [1.82, 2.24) is 20.2 Å². The van der Waals surface area contributed by atoms with Gasteiger partial charge in [-0.1, -0.05) is 18.6 Å². The van der Waals surface area contributed by atoms with E-state index in [-0.39, 0.29) is 11.9 Å². The Morgan fingerprint density at radius 1 is 1.00 bits per heavy atom. The number of nitrogens with zero attached hydrogens (tertiary/aromatic N) is 4. The van der Waals surface area contributed by atoms with Crippen LogP contribution in [0, 0.1) is 5.82 Å². The first kappa shape index (κ1) is 17.2. The normalized spacial score (nSPS) is 19.6. The molecule has 6 nitrogen and oxygen atoms in total. The molecule has 1 saturated carbocycles. The monoisotopic (exact) mass is 378 g/mol. The van der Waals surface area contributed by atoms with Crippen LogP contribution >= 0.6 is 0 Å². The molecule has 0 radical (unpaired) electrons. The van der Waals surface area contributed by atoms with Gasteiger partial charge in [0.25, 0.3) is 0 Å². The van der Waals surface area contributed by atoms with E-state index in [2.05, 4.69) is 36.4 Å². The number of benzene rings is 1. The molecule has 3 heterocycles. The Balaban J connectivity index is 1.34. The summed E-state index contributed by atoms with van der Waals surface area (Å²) in [5, 5.41) is 10.8. The van der Waals surface area contributed by atoms with Gasteiger partial charge in [-0.15, -0.1) is 0 Å². The summed E-state index contributed by atoms with van der Waals surface area (Å²) in [7, 11) is 0. The lowest BCUT2D eigenvalue weighted by molar-refractivity contribution is 0.410. The van der Waals surface area contributed by atoms with Crippen LogP contribution in [-0.2, 0) is 0 Å². The van der Waals surface area contributed by atoms with Gasteiger partial charge in [-0.3, -0.25) is 5.10 Å². The van der Waals surface area contributed by atoms with Crippen molar-refractivity contribution in [1.29, 1.82) is 0 Å². The molecule has 5 rings (SSSR count). The van der Waals surface area contributed by atoms with Crippen LogP contribution in [0.2, 0.25) is 0 Å². The molecule has 0 spiro atoms. The van der Waals surface area contributed by atoms with Crippen molar-refractivity contribution in [2.75, 3.05) is 16.8 Å². The molecule has 1 unspecified atom stereocenters. The Kier molecular flexibility index (Phi) is 4.43. The zero-order chi connectivity index (χ0) is 18.9. The van der Waals surface area contributed by atoms with E-state index in [4.69, 9.17) is 0 Å². The highest BCUT2D eigenvalue weighted by Crippen LogP contribution is 2.37. The van der Waals surface area contributed by atoms with E-state index < -0.39 is 0 Å². The van der Waals surface area contributed by atoms with Gasteiger partial charge in [0.15, 0.2) is 5.82 Å². The highest BCUT2D eigenvalue weighted by Gasteiger charge is 2.27. The third kappa shape index (κ3) is 3.32. The topological polar surface area (TPSA) is 69.7 Å². The molecule has 2 N–H and O–H groups in total. The zero-order valence-corrected chi connectivity index (χ0v) is 15.6. The van der Waals surface area contributed by atoms with Gasteiger partial charge in [0.05, 0.1) is 6.04 Å². The predicted octanol–water partition coefficient (Wildman–Crippen LogP) is 4.69. The summed E-state index contributed by atoms with van der Waals surface area (Å²) in [5.41, 5.74) is 2.31. The van der Waals surface area contributed by atoms with E-state index in [0.717, 1.165) is 42.4 Å². The number of nitrogens with one attached hydrogen (secondary N) is 2. The standard InChI is InChI=1S/C21H23FN6/c22-16-8-6-15(7-9-16)18-5-2-10-28(18)21-12-19(23-13-24-21)25-20-11-17(26-27-20)14-3-1-4-14/h6-9,11-14,18H,1-5,10H2,(H2,23,24,25,26,27). The average Bonchev–Trinajstić information content (AvgIpc) is 3.31. The molecule has 0 amide bonds. The number of halogens is 1. The van der Waals surface area contributed by atoms with Gasteiger partial charge >= 0.3 is 0 Å². The Hall–Kier alpha value is -2.96. The van der Waals surface area contributed by atoms with Crippen molar-refractivity contribution in [3.05, 3.63) is 59.8 Å². The Bertz CT molecular complexity index is 950. The molecular formula is C21H23FN6. The third-order valence-corrected chi connectivity index (χ3v) is 5.85. The van der Waals surface area contributed by atoms with Crippen LogP contribution in [0.4, 0.5) is 21.8 Å². The molecule has 0 bridgehead atoms. The zero-order valence-electron chi connectivity index (χ0n) is 15.6. The number of H-pyrrole nitrogens is 1. The van der Waals surface area contributed by atoms with Gasteiger partial charge in [0.1, 0.15) is 23.8 Å². The van der Waals surface area contributed by atoms with E-state index in [0.29, 0.717) is 5.92 Å². The fraction of sp³-hybridized carbons (Fsp3) is 0.381. The lowest BCUT2D eigenvalue weighted by Crippen LogP contribution is -2.23. The van der Waals surface area contributed by atoms with Crippen LogP contribution in [0.3, 0.4) is 0 Å². The summed E-state index contributed by atoms with van der Waals surface area (Å²) in [4.78, 5) is 11.1. The van der Waals surface area contributed by atoms with Crippen molar-refractivity contribution in [2.24, 2.45) is 0 Å². The van der Waals surface area contributed by atoms with Crippen LogP contribution in [0.25, 0.3) is 0 Å². The van der Waals surface area contributed by atoms with Crippen LogP contribution in [0.15, 0.2) is 42.7 Å². The van der Waals surface area contributed by atoms with E-state index in [1.807, 2.05) is 18.2 Å². The molecule has 1 aromatic carbocycles. The van der Waals surface area contributed by atoms with E-state index in [9.17, 15) is 4.39 Å². The molecule has 7 heteroatoms. The first-order valence-electron chi connectivity index (χ1n) is 9.93. The fourth-order valence-electron chi connectivity index (χ4n) is 4.11. The van der Waals surface area contributed by atoms with Gasteiger partial charge in [-0.05, 0) is 43.4 Å². The molecule has 1 aliphatic heterocycles. The summed E-state index contributed by atoms with van der Waals surface area (Å²) in [6.45, 7) is 0.923. The van der Waals surface area contributed by atoms with Crippen LogP contribution < -0.4 is 10.2 Å². The summed E-state index contributed by atoms with van der Waals surface area (Å²) in [5.74, 6) is 2.79. The van der Waals surface area contributed by atoms with Crippen molar-refractivity contribution in [2.45, 2.75) is 44.1 Å². The molecule has 1 atom stereocenters. The van der Waals surface area contributed by atoms with Crippen LogP contribution in [0.1, 0.15) is 55.3 Å². The molecule has 2 fully saturated rings. The quantitative estimate of drug-likeness (QED) is 0.674. The lowest BCUT2D eigenvalue weighted by Gasteiger charge is -2.26. The molecule has 3 aromatic rings. The second-order valence-corrected chi connectivity index (χ2v) is 7.63. The second-order valence-electron chi connectivity index (χ2n) is 7.63. The molecule has 1 aliphatic carbocycles. The van der Waals surface area contributed by atoms with E-state index >= 15 is 0 Å². The van der Waals surface area contributed by atoms with E-state index in [1.54, 1.807) is 6.33 Å². The Morgan fingerprint density at radius 3 is 2.64 bits per heavy atom. The number of rotatable bonds is 5. The maximum atomic E-state index is 13.3. The highest BCUT2D eigenvalue weighted by atomic mass is 19.1. The first-order chi connectivity index (χ1) is 13.8. The van der Waals surface area contributed by atoms with Gasteiger partial charge in [-0.2, -0.15) is 5.10 Å². The maximum absolute atomic E-state index is 13.3. The molecular weight excluding hydrogens is 355 g/mol. The summed E-state index contributed by atoms with van der Waals surface area (Å²) in [6.07, 6.45) is 7.46. The van der Waals surface area contributed by atoms with E-state index in [1.165, 1.54) is 37.1 Å². The number of anilines is 3. The van der Waals surface area contributed by atoms with Crippen molar-refractivity contribution in [3.8, 4) is 0 Å². The first-order valence-corrected chi connectivity index (χ1v) is 9.93. The minimum absolute atomic E-state index is 0.206.